The van der Waals surface area contributed by atoms with Crippen LogP contribution in [-0.2, 0) is 11.2 Å². The molecule has 1 aliphatic rings. The van der Waals surface area contributed by atoms with Gasteiger partial charge in [0.15, 0.2) is 5.96 Å². The molecule has 1 atom stereocenters. The number of aromatic nitrogens is 1. The maximum atomic E-state index is 5.49. The van der Waals surface area contributed by atoms with E-state index >= 15 is 0 Å². The molecule has 162 valence electrons. The molecule has 0 spiro atoms. The average molecular weight is 516 g/mol. The first-order valence-electron chi connectivity index (χ1n) is 9.87. The minimum atomic E-state index is 0. The van der Waals surface area contributed by atoms with E-state index in [0.717, 1.165) is 73.9 Å². The van der Waals surface area contributed by atoms with Crippen LogP contribution in [0, 0.1) is 5.92 Å². The van der Waals surface area contributed by atoms with Crippen molar-refractivity contribution in [2.24, 2.45) is 10.9 Å². The van der Waals surface area contributed by atoms with E-state index in [2.05, 4.69) is 33.3 Å². The number of fused-ring (bicyclic) bond motifs is 1. The number of aryl methyl sites for hydroxylation is 1. The third-order valence-electron chi connectivity index (χ3n) is 5.22. The van der Waals surface area contributed by atoms with E-state index in [-0.39, 0.29) is 24.0 Å². The van der Waals surface area contributed by atoms with Crippen molar-refractivity contribution < 1.29 is 14.2 Å². The zero-order valence-electron chi connectivity index (χ0n) is 17.8. The Morgan fingerprint density at radius 3 is 2.79 bits per heavy atom. The second-order valence-electron chi connectivity index (χ2n) is 7.27. The van der Waals surface area contributed by atoms with Crippen LogP contribution >= 0.6 is 24.0 Å². The molecule has 1 aromatic carbocycles. The third kappa shape index (κ3) is 6.15. The Bertz CT molecular complexity index is 803. The smallest absolute Gasteiger partial charge is 0.193 e. The normalized spacial score (nSPS) is 16.6. The molecule has 0 bridgehead atoms. The molecule has 1 aliphatic heterocycles. The highest BCUT2D eigenvalue weighted by Crippen LogP contribution is 2.31. The molecule has 2 aromatic rings. The molecule has 7 nitrogen and oxygen atoms in total. The SMILES string of the molecule is CN=C(NCCCc1cc2c(OC)cc(OC)cc2[nH]1)N(C)CC1CCOC1.I. The van der Waals surface area contributed by atoms with Gasteiger partial charge in [0.05, 0.1) is 26.3 Å². The van der Waals surface area contributed by atoms with Gasteiger partial charge in [-0.05, 0) is 25.3 Å². The second-order valence-corrected chi connectivity index (χ2v) is 7.27. The Morgan fingerprint density at radius 1 is 1.31 bits per heavy atom. The van der Waals surface area contributed by atoms with Gasteiger partial charge in [0.25, 0.3) is 0 Å². The highest BCUT2D eigenvalue weighted by Gasteiger charge is 2.19. The van der Waals surface area contributed by atoms with Crippen LogP contribution in [0.4, 0.5) is 0 Å². The van der Waals surface area contributed by atoms with Crippen molar-refractivity contribution in [3.8, 4) is 11.5 Å². The molecule has 1 fully saturated rings. The van der Waals surface area contributed by atoms with Crippen LogP contribution in [0.15, 0.2) is 23.2 Å². The fourth-order valence-corrected chi connectivity index (χ4v) is 3.72. The topological polar surface area (TPSA) is 71.1 Å². The molecular formula is C21H33IN4O3. The molecule has 2 heterocycles. The summed E-state index contributed by atoms with van der Waals surface area (Å²) in [7, 11) is 7.27. The lowest BCUT2D eigenvalue weighted by Gasteiger charge is -2.24. The van der Waals surface area contributed by atoms with Gasteiger partial charge in [-0.3, -0.25) is 4.99 Å². The van der Waals surface area contributed by atoms with Gasteiger partial charge in [0.1, 0.15) is 11.5 Å². The van der Waals surface area contributed by atoms with Crippen molar-refractivity contribution >= 4 is 40.8 Å². The molecule has 0 radical (unpaired) electrons. The summed E-state index contributed by atoms with van der Waals surface area (Å²) in [5, 5.41) is 4.55. The minimum absolute atomic E-state index is 0. The van der Waals surface area contributed by atoms with Gasteiger partial charge in [-0.1, -0.05) is 0 Å². The van der Waals surface area contributed by atoms with Crippen molar-refractivity contribution in [1.29, 1.82) is 0 Å². The van der Waals surface area contributed by atoms with Crippen LogP contribution < -0.4 is 14.8 Å². The number of halogens is 1. The van der Waals surface area contributed by atoms with Gasteiger partial charge in [-0.25, -0.2) is 0 Å². The number of nitrogens with one attached hydrogen (secondary N) is 2. The Labute approximate surface area is 190 Å². The van der Waals surface area contributed by atoms with Crippen LogP contribution in [0.5, 0.6) is 11.5 Å². The lowest BCUT2D eigenvalue weighted by Crippen LogP contribution is -2.41. The summed E-state index contributed by atoms with van der Waals surface area (Å²) < 4.78 is 16.3. The lowest BCUT2D eigenvalue weighted by atomic mass is 10.1. The van der Waals surface area contributed by atoms with E-state index in [4.69, 9.17) is 14.2 Å². The van der Waals surface area contributed by atoms with E-state index in [1.165, 1.54) is 5.69 Å². The number of nitrogens with zero attached hydrogens (tertiary/aromatic N) is 2. The zero-order chi connectivity index (χ0) is 19.9. The fraction of sp³-hybridized carbons (Fsp3) is 0.571. The van der Waals surface area contributed by atoms with Crippen molar-refractivity contribution in [3.63, 3.8) is 0 Å². The Hall–Kier alpha value is -1.68. The maximum absolute atomic E-state index is 5.49. The number of guanidine groups is 1. The van der Waals surface area contributed by atoms with Gasteiger partial charge in [-0.2, -0.15) is 0 Å². The van der Waals surface area contributed by atoms with Crippen LogP contribution in [0.3, 0.4) is 0 Å². The van der Waals surface area contributed by atoms with E-state index in [0.29, 0.717) is 5.92 Å². The Balaban J connectivity index is 0.00000300. The largest absolute Gasteiger partial charge is 0.497 e. The Kier molecular flexibility index (Phi) is 9.35. The van der Waals surface area contributed by atoms with Gasteiger partial charge >= 0.3 is 0 Å². The quantitative estimate of drug-likeness (QED) is 0.244. The summed E-state index contributed by atoms with van der Waals surface area (Å²) >= 11 is 0. The number of hydrogen-bond acceptors (Lipinski definition) is 4. The summed E-state index contributed by atoms with van der Waals surface area (Å²) in [6.45, 7) is 3.58. The summed E-state index contributed by atoms with van der Waals surface area (Å²) in [5.41, 5.74) is 2.23. The Morgan fingerprint density at radius 2 is 2.14 bits per heavy atom. The van der Waals surface area contributed by atoms with Crippen LogP contribution in [-0.4, -0.2) is 70.5 Å². The molecule has 29 heavy (non-hydrogen) atoms. The zero-order valence-corrected chi connectivity index (χ0v) is 20.1. The van der Waals surface area contributed by atoms with Crippen LogP contribution in [0.25, 0.3) is 10.9 Å². The van der Waals surface area contributed by atoms with Crippen molar-refractivity contribution in [3.05, 3.63) is 23.9 Å². The van der Waals surface area contributed by atoms with E-state index < -0.39 is 0 Å². The number of aromatic amines is 1. The van der Waals surface area contributed by atoms with E-state index in [1.54, 1.807) is 14.2 Å². The second kappa shape index (κ2) is 11.5. The molecular weight excluding hydrogens is 483 g/mol. The van der Waals surface area contributed by atoms with Crippen molar-refractivity contribution in [2.75, 3.05) is 54.6 Å². The minimum Gasteiger partial charge on any atom is -0.497 e. The summed E-state index contributed by atoms with van der Waals surface area (Å²) in [6, 6.07) is 6.08. The monoisotopic (exact) mass is 516 g/mol. The highest BCUT2D eigenvalue weighted by molar-refractivity contribution is 14.0. The number of aliphatic imine (C=N–C) groups is 1. The van der Waals surface area contributed by atoms with Gasteiger partial charge in [-0.15, -0.1) is 24.0 Å². The maximum Gasteiger partial charge on any atom is 0.193 e. The van der Waals surface area contributed by atoms with Gasteiger partial charge < -0.3 is 29.4 Å². The number of methoxy groups -OCH3 is 2. The number of hydrogen-bond donors (Lipinski definition) is 2. The lowest BCUT2D eigenvalue weighted by molar-refractivity contribution is 0.181. The predicted molar refractivity (Wildman–Crippen MR) is 128 cm³/mol. The number of H-pyrrole nitrogens is 1. The molecule has 1 saturated heterocycles. The van der Waals surface area contributed by atoms with Crippen molar-refractivity contribution in [1.82, 2.24) is 15.2 Å². The third-order valence-corrected chi connectivity index (χ3v) is 5.22. The first-order chi connectivity index (χ1) is 13.6. The summed E-state index contributed by atoms with van der Waals surface area (Å²) in [4.78, 5) is 10.1. The number of ether oxygens (including phenoxy) is 3. The van der Waals surface area contributed by atoms with E-state index in [9.17, 15) is 0 Å². The van der Waals surface area contributed by atoms with Crippen molar-refractivity contribution in [2.45, 2.75) is 19.3 Å². The average Bonchev–Trinajstić information content (AvgIpc) is 3.36. The summed E-state index contributed by atoms with van der Waals surface area (Å²) in [6.07, 6.45) is 3.09. The first-order valence-corrected chi connectivity index (χ1v) is 9.87. The predicted octanol–water partition coefficient (Wildman–Crippen LogP) is 3.28. The molecule has 0 saturated carbocycles. The van der Waals surface area contributed by atoms with Crippen LogP contribution in [0.2, 0.25) is 0 Å². The molecule has 0 amide bonds. The number of benzene rings is 1. The summed E-state index contributed by atoms with van der Waals surface area (Å²) in [5.74, 6) is 3.16. The van der Waals surface area contributed by atoms with Gasteiger partial charge in [0, 0.05) is 62.9 Å². The van der Waals surface area contributed by atoms with E-state index in [1.807, 2.05) is 19.2 Å². The fourth-order valence-electron chi connectivity index (χ4n) is 3.72. The molecule has 1 aromatic heterocycles. The standard InChI is InChI=1S/C21H32N4O3.HI/c1-22-21(25(2)13-15-7-9-28-14-15)23-8-5-6-16-10-18-19(24-16)11-17(26-3)12-20(18)27-4;/h10-12,15,24H,5-9,13-14H2,1-4H3,(H,22,23);1H. The van der Waals surface area contributed by atoms with Crippen LogP contribution in [0.1, 0.15) is 18.5 Å². The first kappa shape index (κ1) is 23.6. The van der Waals surface area contributed by atoms with Gasteiger partial charge in [0.2, 0.25) is 0 Å². The molecule has 3 rings (SSSR count). The molecule has 1 unspecified atom stereocenters. The highest BCUT2D eigenvalue weighted by atomic mass is 127. The molecule has 8 heteroatoms. The molecule has 0 aliphatic carbocycles. The molecule has 2 N–H and O–H groups in total. The number of rotatable bonds is 8.